The number of hydrogen-bond acceptors (Lipinski definition) is 9. The number of aromatic nitrogens is 1. The first-order chi connectivity index (χ1) is 20.9. The van der Waals surface area contributed by atoms with Crippen LogP contribution in [0.3, 0.4) is 0 Å². The summed E-state index contributed by atoms with van der Waals surface area (Å²) in [7, 11) is 3.07. The molecule has 11 heteroatoms. The van der Waals surface area contributed by atoms with Crippen LogP contribution in [-0.2, 0) is 9.53 Å². The highest BCUT2D eigenvalue weighted by Crippen LogP contribution is 2.38. The van der Waals surface area contributed by atoms with E-state index in [4.69, 9.17) is 29.2 Å². The summed E-state index contributed by atoms with van der Waals surface area (Å²) < 4.78 is 24.5. The SMILES string of the molecule is CCOC(=O)C1=C(c2ccccc2)N=c2s/c(=C\c3ccc(OCC#N)c(Br)c3)c(=O)n2[C@H]1c1ccc(OC)c(OC)c1. The summed E-state index contributed by atoms with van der Waals surface area (Å²) in [4.78, 5) is 33.1. The monoisotopic (exact) mass is 659 g/mol. The summed E-state index contributed by atoms with van der Waals surface area (Å²) in [6.07, 6.45) is 1.75. The van der Waals surface area contributed by atoms with Gasteiger partial charge in [-0.05, 0) is 64.3 Å². The summed E-state index contributed by atoms with van der Waals surface area (Å²) in [5, 5.41) is 8.83. The summed E-state index contributed by atoms with van der Waals surface area (Å²) in [6, 6.07) is 21.0. The number of methoxy groups -OCH3 is 2. The highest BCUT2D eigenvalue weighted by molar-refractivity contribution is 9.10. The van der Waals surface area contributed by atoms with Gasteiger partial charge in [-0.25, -0.2) is 9.79 Å². The number of nitrogens with zero attached hydrogens (tertiary/aromatic N) is 3. The van der Waals surface area contributed by atoms with Gasteiger partial charge in [0.25, 0.3) is 5.56 Å². The van der Waals surface area contributed by atoms with Crippen molar-refractivity contribution in [1.82, 2.24) is 4.57 Å². The molecule has 4 aromatic rings. The maximum atomic E-state index is 14.1. The molecule has 0 N–H and O–H groups in total. The van der Waals surface area contributed by atoms with Crippen LogP contribution in [0.1, 0.15) is 29.7 Å². The normalized spacial score (nSPS) is 14.4. The van der Waals surface area contributed by atoms with Crippen LogP contribution in [0.5, 0.6) is 17.2 Å². The molecule has 0 bridgehead atoms. The standard InChI is InChI=1S/C32H26BrN3O6S/c1-4-41-31(38)27-28(20-8-6-5-7-9-20)35-32-36(29(27)21-11-13-24(39-2)25(18-21)40-3)30(37)26(43-32)17-19-10-12-23(22(33)16-19)42-15-14-34/h5-13,16-18,29H,4,15H2,1-3H3/b26-17-/t29-/m0/s1. The third-order valence-corrected chi connectivity index (χ3v) is 8.25. The largest absolute Gasteiger partial charge is 0.493 e. The van der Waals surface area contributed by atoms with E-state index in [-0.39, 0.29) is 24.3 Å². The highest BCUT2D eigenvalue weighted by atomic mass is 79.9. The van der Waals surface area contributed by atoms with Crippen LogP contribution >= 0.6 is 27.3 Å². The van der Waals surface area contributed by atoms with Crippen molar-refractivity contribution in [3.05, 3.63) is 113 Å². The molecular formula is C32H26BrN3O6S. The zero-order valence-electron chi connectivity index (χ0n) is 23.5. The van der Waals surface area contributed by atoms with Gasteiger partial charge in [-0.2, -0.15) is 5.26 Å². The van der Waals surface area contributed by atoms with E-state index < -0.39 is 12.0 Å². The van der Waals surface area contributed by atoms with Gasteiger partial charge >= 0.3 is 5.97 Å². The van der Waals surface area contributed by atoms with Gasteiger partial charge in [-0.15, -0.1) is 0 Å². The Bertz CT molecular complexity index is 1940. The highest BCUT2D eigenvalue weighted by Gasteiger charge is 2.35. The minimum Gasteiger partial charge on any atom is -0.493 e. The number of hydrogen-bond donors (Lipinski definition) is 0. The van der Waals surface area contributed by atoms with Crippen LogP contribution < -0.4 is 29.1 Å². The van der Waals surface area contributed by atoms with E-state index in [1.807, 2.05) is 36.4 Å². The van der Waals surface area contributed by atoms with Crippen molar-refractivity contribution in [2.75, 3.05) is 27.4 Å². The number of benzene rings is 3. The number of fused-ring (bicyclic) bond motifs is 1. The van der Waals surface area contributed by atoms with Crippen molar-refractivity contribution in [3.8, 4) is 23.3 Å². The van der Waals surface area contributed by atoms with Gasteiger partial charge < -0.3 is 18.9 Å². The average molecular weight is 661 g/mol. The lowest BCUT2D eigenvalue weighted by Gasteiger charge is -2.26. The predicted octanol–water partition coefficient (Wildman–Crippen LogP) is 4.62. The second kappa shape index (κ2) is 13.1. The van der Waals surface area contributed by atoms with Crippen molar-refractivity contribution in [2.24, 2.45) is 4.99 Å². The molecular weight excluding hydrogens is 634 g/mol. The van der Waals surface area contributed by atoms with E-state index in [0.717, 1.165) is 5.56 Å². The number of esters is 1. The Balaban J connectivity index is 1.78. The van der Waals surface area contributed by atoms with Crippen LogP contribution in [0.2, 0.25) is 0 Å². The van der Waals surface area contributed by atoms with Crippen molar-refractivity contribution in [2.45, 2.75) is 13.0 Å². The Morgan fingerprint density at radius 2 is 1.81 bits per heavy atom. The Kier molecular flexibility index (Phi) is 9.09. The zero-order chi connectivity index (χ0) is 30.5. The smallest absolute Gasteiger partial charge is 0.338 e. The number of ether oxygens (including phenoxy) is 4. The van der Waals surface area contributed by atoms with Crippen molar-refractivity contribution in [1.29, 1.82) is 5.26 Å². The molecule has 3 aromatic carbocycles. The molecule has 9 nitrogen and oxygen atoms in total. The second-order valence-corrected chi connectivity index (χ2v) is 11.0. The van der Waals surface area contributed by atoms with Crippen molar-refractivity contribution < 1.29 is 23.7 Å². The van der Waals surface area contributed by atoms with Gasteiger partial charge in [0.15, 0.2) is 22.9 Å². The zero-order valence-corrected chi connectivity index (χ0v) is 25.9. The fourth-order valence-corrected chi connectivity index (χ4v) is 6.28. The molecule has 1 aliphatic rings. The lowest BCUT2D eigenvalue weighted by molar-refractivity contribution is -0.138. The molecule has 1 aromatic heterocycles. The number of halogens is 1. The molecule has 0 radical (unpaired) electrons. The van der Waals surface area contributed by atoms with Gasteiger partial charge in [0.1, 0.15) is 11.8 Å². The first-order valence-corrected chi connectivity index (χ1v) is 14.8. The van der Waals surface area contributed by atoms with E-state index in [1.54, 1.807) is 56.5 Å². The Morgan fingerprint density at radius 3 is 2.49 bits per heavy atom. The molecule has 0 fully saturated rings. The van der Waals surface area contributed by atoms with Gasteiger partial charge in [0.2, 0.25) is 0 Å². The number of nitriles is 1. The fraction of sp³-hybridized carbons (Fsp3) is 0.188. The maximum absolute atomic E-state index is 14.1. The number of rotatable bonds is 9. The van der Waals surface area contributed by atoms with Gasteiger partial charge in [-0.1, -0.05) is 53.8 Å². The number of carbonyl (C=O) groups excluding carboxylic acids is 1. The van der Waals surface area contributed by atoms with Crippen LogP contribution in [0.15, 0.2) is 86.6 Å². The van der Waals surface area contributed by atoms with Crippen LogP contribution in [0.25, 0.3) is 11.8 Å². The Hall–Kier alpha value is -4.66. The van der Waals surface area contributed by atoms with Gasteiger partial charge in [0.05, 0.1) is 47.1 Å². The minimum atomic E-state index is -0.860. The van der Waals surface area contributed by atoms with Crippen LogP contribution in [-0.4, -0.2) is 38.0 Å². The van der Waals surface area contributed by atoms with Crippen molar-refractivity contribution in [3.63, 3.8) is 0 Å². The molecule has 0 unspecified atom stereocenters. The van der Waals surface area contributed by atoms with Gasteiger partial charge in [0, 0.05) is 5.56 Å². The number of thiazole rings is 1. The molecule has 1 atom stereocenters. The topological polar surface area (TPSA) is 112 Å². The molecule has 43 heavy (non-hydrogen) atoms. The molecule has 0 saturated carbocycles. The number of carbonyl (C=O) groups is 1. The third kappa shape index (κ3) is 5.98. The second-order valence-electron chi connectivity index (χ2n) is 9.18. The molecule has 0 amide bonds. The van der Waals surface area contributed by atoms with E-state index in [9.17, 15) is 9.59 Å². The van der Waals surface area contributed by atoms with Gasteiger partial charge in [-0.3, -0.25) is 9.36 Å². The predicted molar refractivity (Wildman–Crippen MR) is 166 cm³/mol. The van der Waals surface area contributed by atoms with E-state index >= 15 is 0 Å². The van der Waals surface area contributed by atoms with Crippen LogP contribution in [0.4, 0.5) is 0 Å². The summed E-state index contributed by atoms with van der Waals surface area (Å²) in [5.41, 5.74) is 2.41. The maximum Gasteiger partial charge on any atom is 0.338 e. The Morgan fingerprint density at radius 1 is 1.07 bits per heavy atom. The third-order valence-electron chi connectivity index (χ3n) is 6.64. The van der Waals surface area contributed by atoms with Crippen LogP contribution in [0, 0.1) is 11.3 Å². The summed E-state index contributed by atoms with van der Waals surface area (Å²) >= 11 is 4.69. The fourth-order valence-electron chi connectivity index (χ4n) is 4.76. The average Bonchev–Trinajstić information content (AvgIpc) is 3.34. The first-order valence-electron chi connectivity index (χ1n) is 13.2. The van der Waals surface area contributed by atoms with Crippen molar-refractivity contribution >= 4 is 45.0 Å². The molecule has 5 rings (SSSR count). The van der Waals surface area contributed by atoms with E-state index in [0.29, 0.717) is 47.9 Å². The van der Waals surface area contributed by atoms with E-state index in [2.05, 4.69) is 15.9 Å². The molecule has 1 aliphatic heterocycles. The molecule has 0 aliphatic carbocycles. The minimum absolute atomic E-state index is 0.0841. The Labute approximate surface area is 259 Å². The quantitative estimate of drug-likeness (QED) is 0.241. The molecule has 0 saturated heterocycles. The summed E-state index contributed by atoms with van der Waals surface area (Å²) in [6.45, 7) is 1.80. The molecule has 2 heterocycles. The first kappa shape index (κ1) is 29.8. The lowest BCUT2D eigenvalue weighted by atomic mass is 9.93. The summed E-state index contributed by atoms with van der Waals surface area (Å²) in [5.74, 6) is 0.903. The molecule has 0 spiro atoms. The molecule has 218 valence electrons. The van der Waals surface area contributed by atoms with E-state index in [1.165, 1.54) is 23.0 Å². The lowest BCUT2D eigenvalue weighted by Crippen LogP contribution is -2.40.